The summed E-state index contributed by atoms with van der Waals surface area (Å²) in [6, 6.07) is 3.48. The van der Waals surface area contributed by atoms with E-state index in [2.05, 4.69) is 4.98 Å². The first-order valence-electron chi connectivity index (χ1n) is 7.34. The van der Waals surface area contributed by atoms with E-state index < -0.39 is 4.92 Å². The Morgan fingerprint density at radius 3 is 2.32 bits per heavy atom. The van der Waals surface area contributed by atoms with Gasteiger partial charge in [-0.05, 0) is 28.7 Å². The summed E-state index contributed by atoms with van der Waals surface area (Å²) in [4.78, 5) is 14.5. The van der Waals surface area contributed by atoms with E-state index in [-0.39, 0.29) is 19.0 Å². The molecule has 134 valence electrons. The quantitative estimate of drug-likeness (QED) is 0.573. The Morgan fingerprint density at radius 1 is 1.20 bits per heavy atom. The largest absolute Gasteiger partial charge is 0.493 e. The highest BCUT2D eigenvalue weighted by molar-refractivity contribution is 5.71. The number of aliphatic hydroxyl groups is 1. The monoisotopic (exact) mass is 349 g/mol. The third-order valence-electron chi connectivity index (χ3n) is 3.49. The molecule has 0 bridgehead atoms. The van der Waals surface area contributed by atoms with Crippen LogP contribution in [0.2, 0.25) is 0 Å². The molecule has 0 fully saturated rings. The molecule has 1 aromatic heterocycles. The highest BCUT2D eigenvalue weighted by atomic mass is 16.6. The number of hydrogen-bond donors (Lipinski definition) is 1. The Kier molecular flexibility index (Phi) is 5.96. The summed E-state index contributed by atoms with van der Waals surface area (Å²) in [7, 11) is 4.55. The molecular weight excluding hydrogens is 330 g/mol. The molecule has 0 aliphatic heterocycles. The Labute approximate surface area is 144 Å². The van der Waals surface area contributed by atoms with Crippen LogP contribution in [-0.4, -0.2) is 47.5 Å². The van der Waals surface area contributed by atoms with E-state index in [1.807, 2.05) is 0 Å². The average molecular weight is 349 g/mol. The van der Waals surface area contributed by atoms with Crippen molar-refractivity contribution in [2.75, 3.05) is 27.9 Å². The second-order valence-electron chi connectivity index (χ2n) is 4.90. The normalized spacial score (nSPS) is 10.9. The lowest BCUT2D eigenvalue weighted by Gasteiger charge is -2.12. The Hall–Kier alpha value is -3.07. The van der Waals surface area contributed by atoms with Gasteiger partial charge in [0.2, 0.25) is 11.6 Å². The highest BCUT2D eigenvalue weighted by Crippen LogP contribution is 2.38. The van der Waals surface area contributed by atoms with E-state index in [1.165, 1.54) is 25.9 Å². The van der Waals surface area contributed by atoms with Gasteiger partial charge in [-0.25, -0.2) is 9.55 Å². The second kappa shape index (κ2) is 8.15. The number of aliphatic hydroxyl groups excluding tert-OH is 1. The molecule has 2 rings (SSSR count). The number of ether oxygens (including phenoxy) is 3. The maximum Gasteiger partial charge on any atom is 0.343 e. The van der Waals surface area contributed by atoms with Crippen molar-refractivity contribution in [2.24, 2.45) is 0 Å². The first-order valence-corrected chi connectivity index (χ1v) is 7.34. The van der Waals surface area contributed by atoms with Gasteiger partial charge in [0, 0.05) is 6.08 Å². The van der Waals surface area contributed by atoms with Crippen LogP contribution in [0.15, 0.2) is 18.3 Å². The van der Waals surface area contributed by atoms with Crippen molar-refractivity contribution in [1.29, 1.82) is 0 Å². The molecule has 0 atom stereocenters. The van der Waals surface area contributed by atoms with Crippen molar-refractivity contribution in [3.63, 3.8) is 0 Å². The number of benzene rings is 1. The van der Waals surface area contributed by atoms with Crippen LogP contribution in [0.5, 0.6) is 17.2 Å². The summed E-state index contributed by atoms with van der Waals surface area (Å²) in [6.07, 6.45) is 4.48. The van der Waals surface area contributed by atoms with Crippen molar-refractivity contribution < 1.29 is 24.2 Å². The van der Waals surface area contributed by atoms with Gasteiger partial charge in [0.05, 0.1) is 27.9 Å². The highest BCUT2D eigenvalue weighted by Gasteiger charge is 2.18. The first kappa shape index (κ1) is 18.3. The summed E-state index contributed by atoms with van der Waals surface area (Å²) in [5, 5.41) is 20.1. The molecule has 0 aliphatic rings. The summed E-state index contributed by atoms with van der Waals surface area (Å²) in [5.74, 6) is 1.63. The number of aromatic nitrogens is 2. The van der Waals surface area contributed by atoms with Crippen LogP contribution in [0.4, 0.5) is 5.82 Å². The zero-order valence-electron chi connectivity index (χ0n) is 14.1. The minimum absolute atomic E-state index is 0.0746. The van der Waals surface area contributed by atoms with Crippen molar-refractivity contribution in [3.8, 4) is 17.2 Å². The van der Waals surface area contributed by atoms with E-state index in [9.17, 15) is 10.1 Å². The van der Waals surface area contributed by atoms with Crippen molar-refractivity contribution in [3.05, 3.63) is 39.8 Å². The summed E-state index contributed by atoms with van der Waals surface area (Å²) in [5.41, 5.74) is 0.732. The molecule has 1 N–H and O–H groups in total. The molecule has 25 heavy (non-hydrogen) atoms. The molecule has 0 amide bonds. The van der Waals surface area contributed by atoms with Gasteiger partial charge in [-0.3, -0.25) is 0 Å². The number of rotatable bonds is 8. The molecule has 0 saturated carbocycles. The standard InChI is InChI=1S/C16H19N3O6/c1-23-12-8-11(9-13(24-2)16(12)25-3)4-5-14-17-10-15(19(21)22)18(14)6-7-20/h4-5,8-10,20H,6-7H2,1-3H3/b5-4+. The molecule has 0 saturated heterocycles. The predicted octanol–water partition coefficient (Wildman–Crippen LogP) is 1.98. The zero-order valence-corrected chi connectivity index (χ0v) is 14.1. The van der Waals surface area contributed by atoms with Crippen LogP contribution in [-0.2, 0) is 6.54 Å². The van der Waals surface area contributed by atoms with Gasteiger partial charge < -0.3 is 29.4 Å². The van der Waals surface area contributed by atoms with Gasteiger partial charge in [-0.15, -0.1) is 0 Å². The van der Waals surface area contributed by atoms with Crippen LogP contribution in [0.25, 0.3) is 12.2 Å². The maximum atomic E-state index is 11.0. The molecule has 0 unspecified atom stereocenters. The molecule has 0 aliphatic carbocycles. The number of nitro groups is 1. The molecule has 9 heteroatoms. The minimum Gasteiger partial charge on any atom is -0.493 e. The lowest BCUT2D eigenvalue weighted by Crippen LogP contribution is -2.07. The third kappa shape index (κ3) is 3.89. The van der Waals surface area contributed by atoms with E-state index in [1.54, 1.807) is 24.3 Å². The van der Waals surface area contributed by atoms with Gasteiger partial charge in [0.25, 0.3) is 0 Å². The Morgan fingerprint density at radius 2 is 1.84 bits per heavy atom. The van der Waals surface area contributed by atoms with Gasteiger partial charge in [-0.2, -0.15) is 0 Å². The van der Waals surface area contributed by atoms with Gasteiger partial charge in [0.15, 0.2) is 11.5 Å². The van der Waals surface area contributed by atoms with Crippen LogP contribution < -0.4 is 14.2 Å². The first-order chi connectivity index (χ1) is 12.0. The molecule has 0 radical (unpaired) electrons. The Bertz CT molecular complexity index is 759. The SMILES string of the molecule is COc1cc(/C=C/c2ncc([N+](=O)[O-])n2CCO)cc(OC)c1OC. The third-order valence-corrected chi connectivity index (χ3v) is 3.49. The molecule has 0 spiro atoms. The number of imidazole rings is 1. The summed E-state index contributed by atoms with van der Waals surface area (Å²) >= 11 is 0. The summed E-state index contributed by atoms with van der Waals surface area (Å²) in [6.45, 7) is -0.159. The van der Waals surface area contributed by atoms with Crippen molar-refractivity contribution >= 4 is 18.0 Å². The fourth-order valence-corrected chi connectivity index (χ4v) is 2.36. The van der Waals surface area contributed by atoms with Crippen molar-refractivity contribution in [2.45, 2.75) is 6.54 Å². The maximum absolute atomic E-state index is 11.0. The van der Waals surface area contributed by atoms with E-state index in [0.29, 0.717) is 23.1 Å². The fourth-order valence-electron chi connectivity index (χ4n) is 2.36. The lowest BCUT2D eigenvalue weighted by molar-refractivity contribution is -0.392. The zero-order chi connectivity index (χ0) is 18.4. The number of nitrogens with zero attached hydrogens (tertiary/aromatic N) is 3. The number of methoxy groups -OCH3 is 3. The second-order valence-corrected chi connectivity index (χ2v) is 4.90. The van der Waals surface area contributed by atoms with Gasteiger partial charge in [-0.1, -0.05) is 0 Å². The average Bonchev–Trinajstić information content (AvgIpc) is 3.02. The van der Waals surface area contributed by atoms with E-state index in [0.717, 1.165) is 11.8 Å². The molecule has 2 aromatic rings. The number of hydrogen-bond acceptors (Lipinski definition) is 7. The van der Waals surface area contributed by atoms with Gasteiger partial charge in [0.1, 0.15) is 12.7 Å². The smallest absolute Gasteiger partial charge is 0.343 e. The van der Waals surface area contributed by atoms with Crippen LogP contribution in [0.3, 0.4) is 0 Å². The molecule has 1 aromatic carbocycles. The predicted molar refractivity (Wildman–Crippen MR) is 91.0 cm³/mol. The van der Waals surface area contributed by atoms with Crippen molar-refractivity contribution in [1.82, 2.24) is 9.55 Å². The molecule has 9 nitrogen and oxygen atoms in total. The summed E-state index contributed by atoms with van der Waals surface area (Å²) < 4.78 is 17.2. The van der Waals surface area contributed by atoms with Gasteiger partial charge >= 0.3 is 5.82 Å². The van der Waals surface area contributed by atoms with Crippen LogP contribution in [0.1, 0.15) is 11.4 Å². The van der Waals surface area contributed by atoms with E-state index >= 15 is 0 Å². The van der Waals surface area contributed by atoms with Crippen LogP contribution in [0, 0.1) is 10.1 Å². The van der Waals surface area contributed by atoms with E-state index in [4.69, 9.17) is 19.3 Å². The Balaban J connectivity index is 2.41. The lowest BCUT2D eigenvalue weighted by atomic mass is 10.1. The fraction of sp³-hybridized carbons (Fsp3) is 0.312. The minimum atomic E-state index is -0.542. The topological polar surface area (TPSA) is 109 Å². The molecule has 1 heterocycles. The van der Waals surface area contributed by atoms with Crippen LogP contribution >= 0.6 is 0 Å². The molecular formula is C16H19N3O6.